The lowest BCUT2D eigenvalue weighted by molar-refractivity contribution is 0.340. The zero-order chi connectivity index (χ0) is 20.3. The lowest BCUT2D eigenvalue weighted by atomic mass is 10.2. The molecule has 148 valence electrons. The van der Waals surface area contributed by atoms with Gasteiger partial charge in [-0.25, -0.2) is 10.2 Å². The van der Waals surface area contributed by atoms with Crippen LogP contribution < -0.4 is 21.4 Å². The van der Waals surface area contributed by atoms with Gasteiger partial charge < -0.3 is 9.30 Å². The number of benzene rings is 1. The molecule has 0 unspecified atom stereocenters. The molecule has 0 aliphatic rings. The summed E-state index contributed by atoms with van der Waals surface area (Å²) in [5.41, 5.74) is 3.46. The molecular weight excluding hydrogens is 360 g/mol. The van der Waals surface area contributed by atoms with Crippen LogP contribution in [0.15, 0.2) is 39.0 Å². The minimum absolute atomic E-state index is 0.268. The van der Waals surface area contributed by atoms with Gasteiger partial charge in [-0.15, -0.1) is 0 Å². The molecule has 9 nitrogen and oxygen atoms in total. The summed E-state index contributed by atoms with van der Waals surface area (Å²) in [5.74, 6) is 1.47. The summed E-state index contributed by atoms with van der Waals surface area (Å²) in [7, 11) is 1.57. The highest BCUT2D eigenvalue weighted by Crippen LogP contribution is 2.17. The molecule has 0 aliphatic heterocycles. The van der Waals surface area contributed by atoms with E-state index in [4.69, 9.17) is 4.74 Å². The van der Waals surface area contributed by atoms with E-state index in [1.165, 1.54) is 4.57 Å². The van der Waals surface area contributed by atoms with Crippen LogP contribution in [0.1, 0.15) is 26.3 Å². The van der Waals surface area contributed by atoms with Crippen LogP contribution in [-0.4, -0.2) is 31.9 Å². The Labute approximate surface area is 161 Å². The first kappa shape index (κ1) is 19.4. The number of hydrogen-bond donors (Lipinski definition) is 2. The molecule has 1 aromatic carbocycles. The predicted molar refractivity (Wildman–Crippen MR) is 109 cm³/mol. The highest BCUT2D eigenvalue weighted by molar-refractivity contribution is 5.80. The maximum absolute atomic E-state index is 12.3. The van der Waals surface area contributed by atoms with E-state index in [1.54, 1.807) is 17.8 Å². The van der Waals surface area contributed by atoms with E-state index in [9.17, 15) is 9.59 Å². The Balaban J connectivity index is 1.93. The van der Waals surface area contributed by atoms with Crippen molar-refractivity contribution in [3.63, 3.8) is 0 Å². The van der Waals surface area contributed by atoms with Crippen LogP contribution in [-0.2, 0) is 13.6 Å². The number of H-pyrrole nitrogens is 1. The number of hydrazone groups is 1. The molecule has 0 atom stereocenters. The standard InChI is InChI=1S/C19H24N6O3/c1-5-28-14-8-6-13(7-9-14)10-20-23-18-21-16-15(25(18)11-12(2)3)17(26)22-19(27)24(16)4/h6-10,12H,5,11H2,1-4H3,(H,21,23)(H,22,26,27). The number of nitrogens with one attached hydrogen (secondary N) is 2. The molecule has 0 saturated heterocycles. The maximum Gasteiger partial charge on any atom is 0.329 e. The molecular formula is C19H24N6O3. The van der Waals surface area contributed by atoms with E-state index in [0.29, 0.717) is 30.3 Å². The molecule has 9 heteroatoms. The maximum atomic E-state index is 12.3. The average molecular weight is 384 g/mol. The van der Waals surface area contributed by atoms with Gasteiger partial charge in [-0.1, -0.05) is 13.8 Å². The molecule has 0 fully saturated rings. The van der Waals surface area contributed by atoms with Gasteiger partial charge in [-0.05, 0) is 42.7 Å². The zero-order valence-corrected chi connectivity index (χ0v) is 16.4. The Hall–Kier alpha value is -3.36. The summed E-state index contributed by atoms with van der Waals surface area (Å²) < 4.78 is 8.48. The molecule has 0 amide bonds. The monoisotopic (exact) mass is 384 g/mol. The number of hydrogen-bond acceptors (Lipinski definition) is 6. The largest absolute Gasteiger partial charge is 0.494 e. The lowest BCUT2D eigenvalue weighted by Gasteiger charge is -2.10. The van der Waals surface area contributed by atoms with Gasteiger partial charge in [0.2, 0.25) is 5.95 Å². The third kappa shape index (κ3) is 3.98. The molecule has 2 aromatic heterocycles. The fourth-order valence-electron chi connectivity index (χ4n) is 2.84. The normalized spacial score (nSPS) is 11.6. The van der Waals surface area contributed by atoms with Gasteiger partial charge in [0, 0.05) is 13.6 Å². The van der Waals surface area contributed by atoms with Crippen molar-refractivity contribution in [3.8, 4) is 5.75 Å². The Bertz CT molecular complexity index is 1110. The first-order chi connectivity index (χ1) is 13.4. The Kier molecular flexibility index (Phi) is 5.62. The predicted octanol–water partition coefficient (Wildman–Crippen LogP) is 1.92. The minimum atomic E-state index is -0.504. The van der Waals surface area contributed by atoms with E-state index >= 15 is 0 Å². The summed E-state index contributed by atoms with van der Waals surface area (Å²) in [5, 5.41) is 4.23. The fourth-order valence-corrected chi connectivity index (χ4v) is 2.84. The molecule has 0 saturated carbocycles. The van der Waals surface area contributed by atoms with Gasteiger partial charge in [0.1, 0.15) is 5.75 Å². The first-order valence-electron chi connectivity index (χ1n) is 9.12. The van der Waals surface area contributed by atoms with Gasteiger partial charge in [0.25, 0.3) is 5.56 Å². The molecule has 2 N–H and O–H groups in total. The van der Waals surface area contributed by atoms with Crippen LogP contribution in [0, 0.1) is 5.92 Å². The Morgan fingerprint density at radius 1 is 1.29 bits per heavy atom. The molecule has 0 aliphatic carbocycles. The summed E-state index contributed by atoms with van der Waals surface area (Å²) in [6.07, 6.45) is 1.65. The van der Waals surface area contributed by atoms with Crippen molar-refractivity contribution in [1.82, 2.24) is 19.1 Å². The van der Waals surface area contributed by atoms with E-state index in [0.717, 1.165) is 11.3 Å². The van der Waals surface area contributed by atoms with Crippen LogP contribution in [0.25, 0.3) is 11.2 Å². The van der Waals surface area contributed by atoms with Gasteiger partial charge in [-0.2, -0.15) is 10.1 Å². The third-order valence-corrected chi connectivity index (χ3v) is 4.12. The zero-order valence-electron chi connectivity index (χ0n) is 16.4. The van der Waals surface area contributed by atoms with Crippen molar-refractivity contribution in [2.45, 2.75) is 27.3 Å². The van der Waals surface area contributed by atoms with Crippen LogP contribution in [0.2, 0.25) is 0 Å². The number of fused-ring (bicyclic) bond motifs is 1. The fraction of sp³-hybridized carbons (Fsp3) is 0.368. The van der Waals surface area contributed by atoms with Crippen molar-refractivity contribution >= 4 is 23.3 Å². The van der Waals surface area contributed by atoms with Crippen LogP contribution >= 0.6 is 0 Å². The van der Waals surface area contributed by atoms with Crippen molar-refractivity contribution in [3.05, 3.63) is 50.7 Å². The molecule has 28 heavy (non-hydrogen) atoms. The lowest BCUT2D eigenvalue weighted by Crippen LogP contribution is -2.29. The van der Waals surface area contributed by atoms with Crippen LogP contribution in [0.4, 0.5) is 5.95 Å². The van der Waals surface area contributed by atoms with Crippen LogP contribution in [0.3, 0.4) is 0 Å². The average Bonchev–Trinajstić information content (AvgIpc) is 3.00. The van der Waals surface area contributed by atoms with E-state index in [-0.39, 0.29) is 5.92 Å². The number of aryl methyl sites for hydroxylation is 1. The first-order valence-corrected chi connectivity index (χ1v) is 9.12. The van der Waals surface area contributed by atoms with Crippen molar-refractivity contribution in [1.29, 1.82) is 0 Å². The number of anilines is 1. The number of nitrogens with zero attached hydrogens (tertiary/aromatic N) is 4. The quantitative estimate of drug-likeness (QED) is 0.478. The molecule has 2 heterocycles. The van der Waals surface area contributed by atoms with Gasteiger partial charge >= 0.3 is 5.69 Å². The van der Waals surface area contributed by atoms with Crippen LogP contribution in [0.5, 0.6) is 5.75 Å². The molecule has 0 spiro atoms. The highest BCUT2D eigenvalue weighted by atomic mass is 16.5. The topological polar surface area (TPSA) is 106 Å². The van der Waals surface area contributed by atoms with Crippen molar-refractivity contribution in [2.75, 3.05) is 12.0 Å². The summed E-state index contributed by atoms with van der Waals surface area (Å²) >= 11 is 0. The number of rotatable bonds is 7. The molecule has 0 radical (unpaired) electrons. The van der Waals surface area contributed by atoms with Gasteiger partial charge in [0.05, 0.1) is 12.8 Å². The van der Waals surface area contributed by atoms with Gasteiger partial charge in [0.15, 0.2) is 11.2 Å². The highest BCUT2D eigenvalue weighted by Gasteiger charge is 2.17. The summed E-state index contributed by atoms with van der Waals surface area (Å²) in [4.78, 5) is 30.9. The second kappa shape index (κ2) is 8.12. The number of aromatic amines is 1. The Morgan fingerprint density at radius 3 is 2.64 bits per heavy atom. The molecule has 0 bridgehead atoms. The number of ether oxygens (including phenoxy) is 1. The van der Waals surface area contributed by atoms with E-state index in [1.807, 2.05) is 45.0 Å². The van der Waals surface area contributed by atoms with Gasteiger partial charge in [-0.3, -0.25) is 14.3 Å². The summed E-state index contributed by atoms with van der Waals surface area (Å²) in [6.45, 7) is 7.18. The van der Waals surface area contributed by atoms with E-state index < -0.39 is 11.2 Å². The second-order valence-corrected chi connectivity index (χ2v) is 6.80. The van der Waals surface area contributed by atoms with E-state index in [2.05, 4.69) is 20.5 Å². The third-order valence-electron chi connectivity index (χ3n) is 4.12. The number of imidazole rings is 1. The van der Waals surface area contributed by atoms with Crippen molar-refractivity contribution < 1.29 is 4.74 Å². The van der Waals surface area contributed by atoms with Crippen molar-refractivity contribution in [2.24, 2.45) is 18.1 Å². The minimum Gasteiger partial charge on any atom is -0.494 e. The SMILES string of the molecule is CCOc1ccc(C=NNc2nc3c(c(=O)[nH]c(=O)n3C)n2CC(C)C)cc1. The number of aromatic nitrogens is 4. The second-order valence-electron chi connectivity index (χ2n) is 6.80. The Morgan fingerprint density at radius 2 is 2.00 bits per heavy atom. The molecule has 3 rings (SSSR count). The summed E-state index contributed by atoms with van der Waals surface area (Å²) in [6, 6.07) is 7.52. The molecule has 3 aromatic rings. The smallest absolute Gasteiger partial charge is 0.329 e.